The van der Waals surface area contributed by atoms with Gasteiger partial charge in [-0.1, -0.05) is 30.3 Å². The summed E-state index contributed by atoms with van der Waals surface area (Å²) in [4.78, 5) is 30.7. The Morgan fingerprint density at radius 2 is 2.06 bits per heavy atom. The number of nitrogens with one attached hydrogen (secondary N) is 2. The first-order valence-corrected chi connectivity index (χ1v) is 11.8. The summed E-state index contributed by atoms with van der Waals surface area (Å²) < 4.78 is 17.6. The van der Waals surface area contributed by atoms with E-state index in [4.69, 9.17) is 14.2 Å². The Kier molecular flexibility index (Phi) is 7.99. The van der Waals surface area contributed by atoms with Crippen LogP contribution in [-0.4, -0.2) is 61.5 Å². The fraction of sp³-hybridized carbons (Fsp3) is 0.423. The second-order valence-electron chi connectivity index (χ2n) is 8.75. The second-order valence-corrected chi connectivity index (χ2v) is 8.75. The van der Waals surface area contributed by atoms with Crippen molar-refractivity contribution in [2.75, 3.05) is 44.7 Å². The summed E-state index contributed by atoms with van der Waals surface area (Å²) in [5.74, 6) is -0.976. The van der Waals surface area contributed by atoms with Crippen molar-refractivity contribution < 1.29 is 23.8 Å². The van der Waals surface area contributed by atoms with Crippen LogP contribution in [0, 0.1) is 5.92 Å². The van der Waals surface area contributed by atoms with Crippen molar-refractivity contribution in [1.82, 2.24) is 9.55 Å². The van der Waals surface area contributed by atoms with Gasteiger partial charge in [0.2, 0.25) is 5.91 Å². The minimum atomic E-state index is -0.531. The van der Waals surface area contributed by atoms with Crippen LogP contribution in [0.2, 0.25) is 0 Å². The molecular formula is C26H32N4O5. The Bertz CT molecular complexity index is 1170. The third-order valence-corrected chi connectivity index (χ3v) is 6.12. The monoisotopic (exact) mass is 480 g/mol. The smallest absolute Gasteiger partial charge is 0.356 e. The van der Waals surface area contributed by atoms with Crippen molar-refractivity contribution in [3.8, 4) is 0 Å². The molecule has 0 spiro atoms. The van der Waals surface area contributed by atoms with Gasteiger partial charge in [0, 0.05) is 31.7 Å². The lowest BCUT2D eigenvalue weighted by molar-refractivity contribution is -0.119. The minimum Gasteiger partial charge on any atom is -0.464 e. The standard InChI is InChI=1S/C26H32N4O5/c1-17(15-33-2)28-20-13-21-22(29-25(31)19-10-12-35-16-19)23(26(32)34-3)30(24(21)27-14-20)11-9-18-7-5-4-6-8-18/h4-8,13-14,17,19,28H,9-12,15-16H2,1-3H3,(H,29,31)/t17-,19-/m1/s1. The zero-order chi connectivity index (χ0) is 24.8. The van der Waals surface area contributed by atoms with Gasteiger partial charge in [-0.15, -0.1) is 0 Å². The summed E-state index contributed by atoms with van der Waals surface area (Å²) in [5.41, 5.74) is 3.18. The molecule has 3 heterocycles. The summed E-state index contributed by atoms with van der Waals surface area (Å²) in [7, 11) is 2.99. The fourth-order valence-electron chi connectivity index (χ4n) is 4.39. The molecule has 9 nitrogen and oxygen atoms in total. The molecule has 35 heavy (non-hydrogen) atoms. The van der Waals surface area contributed by atoms with Crippen LogP contribution in [0.4, 0.5) is 11.4 Å². The lowest BCUT2D eigenvalue weighted by Gasteiger charge is -2.14. The zero-order valence-corrected chi connectivity index (χ0v) is 20.4. The second kappa shape index (κ2) is 11.3. The van der Waals surface area contributed by atoms with Crippen LogP contribution in [0.15, 0.2) is 42.6 Å². The zero-order valence-electron chi connectivity index (χ0n) is 20.4. The number of amides is 1. The van der Waals surface area contributed by atoms with Gasteiger partial charge >= 0.3 is 5.97 Å². The summed E-state index contributed by atoms with van der Waals surface area (Å²) in [6.07, 6.45) is 3.06. The number of ether oxygens (including phenoxy) is 3. The van der Waals surface area contributed by atoms with Crippen molar-refractivity contribution >= 4 is 34.3 Å². The number of rotatable bonds is 10. The van der Waals surface area contributed by atoms with E-state index in [9.17, 15) is 9.59 Å². The van der Waals surface area contributed by atoms with Crippen LogP contribution in [0.3, 0.4) is 0 Å². The molecule has 9 heteroatoms. The number of hydrogen-bond donors (Lipinski definition) is 2. The van der Waals surface area contributed by atoms with Crippen molar-refractivity contribution in [3.63, 3.8) is 0 Å². The van der Waals surface area contributed by atoms with Crippen molar-refractivity contribution in [1.29, 1.82) is 0 Å². The lowest BCUT2D eigenvalue weighted by atomic mass is 10.1. The molecule has 0 saturated carbocycles. The Morgan fingerprint density at radius 3 is 2.74 bits per heavy atom. The Morgan fingerprint density at radius 1 is 1.26 bits per heavy atom. The number of esters is 1. The predicted molar refractivity (Wildman–Crippen MR) is 134 cm³/mol. The molecule has 0 bridgehead atoms. The fourth-order valence-corrected chi connectivity index (χ4v) is 4.39. The number of benzene rings is 1. The molecule has 4 rings (SSSR count). The summed E-state index contributed by atoms with van der Waals surface area (Å²) >= 11 is 0. The molecular weight excluding hydrogens is 448 g/mol. The topological polar surface area (TPSA) is 104 Å². The molecule has 0 aliphatic carbocycles. The van der Waals surface area contributed by atoms with E-state index in [1.54, 1.807) is 13.3 Å². The highest BCUT2D eigenvalue weighted by Crippen LogP contribution is 2.34. The van der Waals surface area contributed by atoms with Crippen molar-refractivity contribution in [2.24, 2.45) is 5.92 Å². The van der Waals surface area contributed by atoms with E-state index < -0.39 is 5.97 Å². The molecule has 1 amide bonds. The first-order valence-electron chi connectivity index (χ1n) is 11.8. The first kappa shape index (κ1) is 24.7. The first-order chi connectivity index (χ1) is 17.0. The number of carbonyl (C=O) groups is 2. The number of aryl methyl sites for hydroxylation is 2. The molecule has 0 radical (unpaired) electrons. The third-order valence-electron chi connectivity index (χ3n) is 6.12. The van der Waals surface area contributed by atoms with E-state index >= 15 is 0 Å². The molecule has 186 valence electrons. The summed E-state index contributed by atoms with van der Waals surface area (Å²) in [6, 6.07) is 12.0. The van der Waals surface area contributed by atoms with Gasteiger partial charge in [0.15, 0.2) is 5.69 Å². The Balaban J connectivity index is 1.78. The number of methoxy groups -OCH3 is 2. The van der Waals surface area contributed by atoms with Gasteiger partial charge in [0.1, 0.15) is 5.65 Å². The average Bonchev–Trinajstić information content (AvgIpc) is 3.50. The van der Waals surface area contributed by atoms with Crippen LogP contribution in [0.1, 0.15) is 29.4 Å². The molecule has 1 aromatic carbocycles. The minimum absolute atomic E-state index is 0.0492. The van der Waals surface area contributed by atoms with Crippen molar-refractivity contribution in [2.45, 2.75) is 32.4 Å². The van der Waals surface area contributed by atoms with E-state index in [1.807, 2.05) is 47.9 Å². The normalized spacial score (nSPS) is 16.3. The SMILES string of the molecule is COC[C@@H](C)Nc1cnc2c(c1)c(NC(=O)[C@@H]1CCOC1)c(C(=O)OC)n2CCc1ccccc1. The molecule has 1 fully saturated rings. The maximum atomic E-state index is 13.1. The van der Waals surface area contributed by atoms with Crippen molar-refractivity contribution in [3.05, 3.63) is 53.9 Å². The van der Waals surface area contributed by atoms with Gasteiger partial charge in [-0.2, -0.15) is 0 Å². The number of fused-ring (bicyclic) bond motifs is 1. The Hall–Kier alpha value is -3.43. The highest BCUT2D eigenvalue weighted by Gasteiger charge is 2.30. The molecule has 1 saturated heterocycles. The number of aromatic nitrogens is 2. The quantitative estimate of drug-likeness (QED) is 0.428. The largest absolute Gasteiger partial charge is 0.464 e. The summed E-state index contributed by atoms with van der Waals surface area (Å²) in [5, 5.41) is 7.02. The van der Waals surface area contributed by atoms with Crippen LogP contribution in [-0.2, 0) is 32.0 Å². The molecule has 3 aromatic rings. The van der Waals surface area contributed by atoms with E-state index in [0.29, 0.717) is 55.9 Å². The van der Waals surface area contributed by atoms with Gasteiger partial charge < -0.3 is 29.4 Å². The maximum Gasteiger partial charge on any atom is 0.356 e. The van der Waals surface area contributed by atoms with Gasteiger partial charge in [0.05, 0.1) is 43.8 Å². The highest BCUT2D eigenvalue weighted by molar-refractivity contribution is 6.11. The molecule has 2 aromatic heterocycles. The van der Waals surface area contributed by atoms with Gasteiger partial charge in [-0.05, 0) is 31.4 Å². The van der Waals surface area contributed by atoms with Crippen LogP contribution >= 0.6 is 0 Å². The molecule has 1 aliphatic rings. The van der Waals surface area contributed by atoms with E-state index in [-0.39, 0.29) is 23.6 Å². The third kappa shape index (κ3) is 5.63. The number of pyridine rings is 1. The lowest BCUT2D eigenvalue weighted by Crippen LogP contribution is -2.24. The molecule has 0 unspecified atom stereocenters. The van der Waals surface area contributed by atoms with Gasteiger partial charge in [-0.3, -0.25) is 4.79 Å². The number of nitrogens with zero attached hydrogens (tertiary/aromatic N) is 2. The Labute approximate surface area is 204 Å². The molecule has 2 atom stereocenters. The average molecular weight is 481 g/mol. The highest BCUT2D eigenvalue weighted by atomic mass is 16.5. The van der Waals surface area contributed by atoms with E-state index in [0.717, 1.165) is 11.3 Å². The predicted octanol–water partition coefficient (Wildman–Crippen LogP) is 3.49. The van der Waals surface area contributed by atoms with Crippen LogP contribution < -0.4 is 10.6 Å². The number of hydrogen-bond acceptors (Lipinski definition) is 7. The van der Waals surface area contributed by atoms with Crippen LogP contribution in [0.25, 0.3) is 11.0 Å². The molecule has 2 N–H and O–H groups in total. The van der Waals surface area contributed by atoms with E-state index in [2.05, 4.69) is 15.6 Å². The summed E-state index contributed by atoms with van der Waals surface area (Å²) in [6.45, 7) is 3.93. The van der Waals surface area contributed by atoms with Gasteiger partial charge in [-0.25, -0.2) is 9.78 Å². The maximum absolute atomic E-state index is 13.1. The number of anilines is 2. The van der Waals surface area contributed by atoms with Crippen LogP contribution in [0.5, 0.6) is 0 Å². The number of carbonyl (C=O) groups excluding carboxylic acids is 2. The van der Waals surface area contributed by atoms with E-state index in [1.165, 1.54) is 7.11 Å². The molecule has 1 aliphatic heterocycles. The van der Waals surface area contributed by atoms with Gasteiger partial charge in [0.25, 0.3) is 0 Å².